The summed E-state index contributed by atoms with van der Waals surface area (Å²) in [5.74, 6) is -0.823. The Kier molecular flexibility index (Phi) is 5.95. The molecule has 24 heavy (non-hydrogen) atoms. The zero-order valence-electron chi connectivity index (χ0n) is 13.9. The molecule has 2 rings (SSSR count). The Balaban J connectivity index is 1.91. The predicted octanol–water partition coefficient (Wildman–Crippen LogP) is 0.882. The molecule has 1 amide bonds. The molecule has 0 saturated carbocycles. The van der Waals surface area contributed by atoms with Gasteiger partial charge in [-0.25, -0.2) is 12.8 Å². The molecule has 0 aliphatic carbocycles. The summed E-state index contributed by atoms with van der Waals surface area (Å²) < 4.78 is 43.9. The van der Waals surface area contributed by atoms with Crippen LogP contribution >= 0.6 is 0 Å². The molecule has 1 N–H and O–H groups in total. The van der Waals surface area contributed by atoms with Gasteiger partial charge < -0.3 is 10.1 Å². The summed E-state index contributed by atoms with van der Waals surface area (Å²) in [6.07, 6.45) is 0. The Morgan fingerprint density at radius 1 is 1.25 bits per heavy atom. The minimum Gasteiger partial charge on any atom is -0.379 e. The van der Waals surface area contributed by atoms with Crippen molar-refractivity contribution in [3.05, 3.63) is 35.6 Å². The van der Waals surface area contributed by atoms with E-state index in [9.17, 15) is 17.6 Å². The Hall–Kier alpha value is -1.51. The first kappa shape index (κ1) is 18.8. The number of nitrogens with zero attached hydrogens (tertiary/aromatic N) is 1. The van der Waals surface area contributed by atoms with Gasteiger partial charge in [-0.3, -0.25) is 4.79 Å². The number of morpholine rings is 1. The molecule has 1 heterocycles. The maximum absolute atomic E-state index is 13.0. The van der Waals surface area contributed by atoms with Crippen molar-refractivity contribution in [3.63, 3.8) is 0 Å². The van der Waals surface area contributed by atoms with Crippen molar-refractivity contribution < 1.29 is 22.3 Å². The summed E-state index contributed by atoms with van der Waals surface area (Å²) in [6.45, 7) is 4.93. The Morgan fingerprint density at radius 3 is 2.42 bits per heavy atom. The Morgan fingerprint density at radius 2 is 1.83 bits per heavy atom. The van der Waals surface area contributed by atoms with E-state index in [0.717, 1.165) is 0 Å². The largest absolute Gasteiger partial charge is 0.379 e. The number of benzene rings is 1. The second-order valence-electron chi connectivity index (χ2n) is 6.22. The standard InChI is InChI=1S/C16H23FN2O4S/c1-16(2,13-3-5-14(17)6-4-13)15(20)18-7-12-24(21,22)19-8-10-23-11-9-19/h3-6H,7-12H2,1-2H3,(H,18,20). The van der Waals surface area contributed by atoms with Crippen LogP contribution in [0.4, 0.5) is 4.39 Å². The zero-order valence-corrected chi connectivity index (χ0v) is 14.7. The van der Waals surface area contributed by atoms with E-state index in [2.05, 4.69) is 5.32 Å². The SMILES string of the molecule is CC(C)(C(=O)NCCS(=O)(=O)N1CCOCC1)c1ccc(F)cc1. The summed E-state index contributed by atoms with van der Waals surface area (Å²) in [4.78, 5) is 12.4. The molecule has 0 spiro atoms. The number of halogens is 1. The third-order valence-electron chi connectivity index (χ3n) is 4.14. The highest BCUT2D eigenvalue weighted by Crippen LogP contribution is 2.23. The van der Waals surface area contributed by atoms with Crippen LogP contribution in [0.2, 0.25) is 0 Å². The first-order valence-electron chi connectivity index (χ1n) is 7.83. The van der Waals surface area contributed by atoms with Gasteiger partial charge >= 0.3 is 0 Å². The number of carbonyl (C=O) groups is 1. The molecule has 1 saturated heterocycles. The van der Waals surface area contributed by atoms with Crippen molar-refractivity contribution in [1.82, 2.24) is 9.62 Å². The lowest BCUT2D eigenvalue weighted by Gasteiger charge is -2.27. The predicted molar refractivity (Wildman–Crippen MR) is 88.6 cm³/mol. The number of ether oxygens (including phenoxy) is 1. The van der Waals surface area contributed by atoms with Crippen molar-refractivity contribution in [1.29, 1.82) is 0 Å². The molecule has 0 unspecified atom stereocenters. The molecule has 1 aliphatic rings. The molecular formula is C16H23FN2O4S. The average molecular weight is 358 g/mol. The van der Waals surface area contributed by atoms with Crippen LogP contribution in [0.25, 0.3) is 0 Å². The summed E-state index contributed by atoms with van der Waals surface area (Å²) in [7, 11) is -3.41. The lowest BCUT2D eigenvalue weighted by molar-refractivity contribution is -0.125. The zero-order chi connectivity index (χ0) is 17.8. The highest BCUT2D eigenvalue weighted by Gasteiger charge is 2.30. The van der Waals surface area contributed by atoms with E-state index in [1.807, 2.05) is 0 Å². The molecule has 1 aromatic carbocycles. The third-order valence-corrected chi connectivity index (χ3v) is 6.01. The first-order valence-corrected chi connectivity index (χ1v) is 9.44. The number of sulfonamides is 1. The van der Waals surface area contributed by atoms with Gasteiger partial charge in [-0.1, -0.05) is 12.1 Å². The van der Waals surface area contributed by atoms with Gasteiger partial charge in [0, 0.05) is 19.6 Å². The van der Waals surface area contributed by atoms with Crippen molar-refractivity contribution in [2.45, 2.75) is 19.3 Å². The third kappa shape index (κ3) is 4.52. The lowest BCUT2D eigenvalue weighted by Crippen LogP contribution is -2.46. The topological polar surface area (TPSA) is 75.7 Å². The molecule has 1 aliphatic heterocycles. The quantitative estimate of drug-likeness (QED) is 0.819. The Bertz CT molecular complexity index is 668. The fraction of sp³-hybridized carbons (Fsp3) is 0.562. The molecule has 0 atom stereocenters. The summed E-state index contributed by atoms with van der Waals surface area (Å²) in [6, 6.07) is 5.71. The molecule has 6 nitrogen and oxygen atoms in total. The van der Waals surface area contributed by atoms with E-state index in [0.29, 0.717) is 31.9 Å². The average Bonchev–Trinajstić information content (AvgIpc) is 2.56. The Labute approximate surface area is 142 Å². The van der Waals surface area contributed by atoms with Crippen molar-refractivity contribution in [2.75, 3.05) is 38.6 Å². The fourth-order valence-electron chi connectivity index (χ4n) is 2.47. The molecule has 1 fully saturated rings. The van der Waals surface area contributed by atoms with Gasteiger partial charge in [0.05, 0.1) is 24.4 Å². The molecule has 0 aromatic heterocycles. The second kappa shape index (κ2) is 7.58. The molecule has 0 radical (unpaired) electrons. The normalized spacial score (nSPS) is 16.8. The van der Waals surface area contributed by atoms with Gasteiger partial charge in [-0.15, -0.1) is 0 Å². The number of rotatable bonds is 6. The van der Waals surface area contributed by atoms with E-state index in [-0.39, 0.29) is 24.0 Å². The molecule has 8 heteroatoms. The summed E-state index contributed by atoms with van der Waals surface area (Å²) in [5, 5.41) is 2.66. The first-order chi connectivity index (χ1) is 11.2. The number of hydrogen-bond donors (Lipinski definition) is 1. The number of nitrogens with one attached hydrogen (secondary N) is 1. The van der Waals surface area contributed by atoms with Crippen LogP contribution in [0.15, 0.2) is 24.3 Å². The maximum atomic E-state index is 13.0. The lowest BCUT2D eigenvalue weighted by atomic mass is 9.84. The van der Waals surface area contributed by atoms with E-state index in [1.165, 1.54) is 16.4 Å². The van der Waals surface area contributed by atoms with E-state index in [1.54, 1.807) is 26.0 Å². The molecule has 0 bridgehead atoms. The van der Waals surface area contributed by atoms with Crippen molar-refractivity contribution in [3.8, 4) is 0 Å². The van der Waals surface area contributed by atoms with E-state index >= 15 is 0 Å². The van der Waals surface area contributed by atoms with Crippen LogP contribution < -0.4 is 5.32 Å². The maximum Gasteiger partial charge on any atom is 0.230 e. The summed E-state index contributed by atoms with van der Waals surface area (Å²) >= 11 is 0. The monoisotopic (exact) mass is 358 g/mol. The number of hydrogen-bond acceptors (Lipinski definition) is 4. The van der Waals surface area contributed by atoms with Crippen LogP contribution in [-0.4, -0.2) is 57.2 Å². The minimum absolute atomic E-state index is 0.0309. The van der Waals surface area contributed by atoms with Gasteiger partial charge in [-0.05, 0) is 31.5 Å². The van der Waals surface area contributed by atoms with Crippen LogP contribution in [-0.2, 0) is 25.0 Å². The van der Waals surface area contributed by atoms with Gasteiger partial charge in [0.25, 0.3) is 0 Å². The molecule has 134 valence electrons. The smallest absolute Gasteiger partial charge is 0.230 e. The van der Waals surface area contributed by atoms with Crippen LogP contribution in [0.5, 0.6) is 0 Å². The van der Waals surface area contributed by atoms with Crippen LogP contribution in [0.1, 0.15) is 19.4 Å². The molecular weight excluding hydrogens is 335 g/mol. The summed E-state index contributed by atoms with van der Waals surface area (Å²) in [5.41, 5.74) is -0.214. The minimum atomic E-state index is -3.41. The second-order valence-corrected chi connectivity index (χ2v) is 8.30. The van der Waals surface area contributed by atoms with Gasteiger partial charge in [0.2, 0.25) is 15.9 Å². The van der Waals surface area contributed by atoms with Crippen molar-refractivity contribution >= 4 is 15.9 Å². The highest BCUT2D eigenvalue weighted by atomic mass is 32.2. The molecule has 1 aromatic rings. The van der Waals surface area contributed by atoms with Crippen LogP contribution in [0, 0.1) is 5.82 Å². The number of amides is 1. The van der Waals surface area contributed by atoms with Gasteiger partial charge in [-0.2, -0.15) is 4.31 Å². The highest BCUT2D eigenvalue weighted by molar-refractivity contribution is 7.89. The van der Waals surface area contributed by atoms with Crippen molar-refractivity contribution in [2.24, 2.45) is 0 Å². The van der Waals surface area contributed by atoms with Crippen LogP contribution in [0.3, 0.4) is 0 Å². The fourth-order valence-corrected chi connectivity index (χ4v) is 3.79. The van der Waals surface area contributed by atoms with Gasteiger partial charge in [0.1, 0.15) is 5.82 Å². The van der Waals surface area contributed by atoms with Gasteiger partial charge in [0.15, 0.2) is 0 Å². The number of carbonyl (C=O) groups excluding carboxylic acids is 1. The van der Waals surface area contributed by atoms with E-state index < -0.39 is 15.4 Å². The van der Waals surface area contributed by atoms with E-state index in [4.69, 9.17) is 4.74 Å².